The zero-order valence-electron chi connectivity index (χ0n) is 13.8. The molecule has 0 atom stereocenters. The van der Waals surface area contributed by atoms with Gasteiger partial charge in [0.2, 0.25) is 0 Å². The predicted octanol–water partition coefficient (Wildman–Crippen LogP) is 2.78. The minimum atomic E-state index is -0.636. The lowest BCUT2D eigenvalue weighted by atomic mass is 9.76. The lowest BCUT2D eigenvalue weighted by Crippen LogP contribution is -2.48. The van der Waals surface area contributed by atoms with Crippen LogP contribution >= 0.6 is 11.6 Å². The highest BCUT2D eigenvalue weighted by molar-refractivity contribution is 6.17. The van der Waals surface area contributed by atoms with Gasteiger partial charge in [0.1, 0.15) is 5.60 Å². The summed E-state index contributed by atoms with van der Waals surface area (Å²) >= 11 is 5.50. The minimum absolute atomic E-state index is 0.163. The van der Waals surface area contributed by atoms with Crippen LogP contribution in [0.15, 0.2) is 0 Å². The van der Waals surface area contributed by atoms with Gasteiger partial charge in [-0.25, -0.2) is 4.79 Å². The third-order valence-corrected chi connectivity index (χ3v) is 3.88. The molecular formula is C15H26ClNO5. The second kappa shape index (κ2) is 8.02. The first kappa shape index (κ1) is 19.0. The highest BCUT2D eigenvalue weighted by Gasteiger charge is 2.43. The Morgan fingerprint density at radius 2 is 1.82 bits per heavy atom. The Labute approximate surface area is 137 Å². The Bertz CT molecular complexity index is 386. The van der Waals surface area contributed by atoms with Crippen molar-refractivity contribution in [3.8, 4) is 0 Å². The van der Waals surface area contributed by atoms with Crippen LogP contribution in [0.4, 0.5) is 4.79 Å². The molecule has 0 aliphatic carbocycles. The molecule has 0 aromatic carbocycles. The second-order valence-corrected chi connectivity index (χ2v) is 6.75. The molecule has 1 aliphatic heterocycles. The molecular weight excluding hydrogens is 310 g/mol. The fraction of sp³-hybridized carbons (Fsp3) is 0.867. The van der Waals surface area contributed by atoms with E-state index in [2.05, 4.69) is 0 Å². The Morgan fingerprint density at radius 3 is 2.27 bits per heavy atom. The Hall–Kier alpha value is -1.01. The molecule has 0 spiro atoms. The molecule has 1 rings (SSSR count). The van der Waals surface area contributed by atoms with Crippen LogP contribution in [-0.4, -0.2) is 55.4 Å². The van der Waals surface area contributed by atoms with E-state index in [-0.39, 0.29) is 18.1 Å². The van der Waals surface area contributed by atoms with Gasteiger partial charge >= 0.3 is 12.1 Å². The summed E-state index contributed by atoms with van der Waals surface area (Å²) in [6.07, 6.45) is 1.25. The zero-order valence-corrected chi connectivity index (χ0v) is 14.6. The Balaban J connectivity index is 2.68. The van der Waals surface area contributed by atoms with Crippen molar-refractivity contribution in [2.75, 3.05) is 32.9 Å². The van der Waals surface area contributed by atoms with Crippen molar-refractivity contribution in [2.24, 2.45) is 5.41 Å². The number of nitrogens with zero attached hydrogens (tertiary/aromatic N) is 1. The summed E-state index contributed by atoms with van der Waals surface area (Å²) in [7, 11) is 1.59. The normalized spacial score (nSPS) is 18.0. The van der Waals surface area contributed by atoms with E-state index in [0.717, 1.165) is 0 Å². The van der Waals surface area contributed by atoms with Gasteiger partial charge in [0.15, 0.2) is 6.07 Å². The number of alkyl halides is 1. The molecule has 1 saturated heterocycles. The van der Waals surface area contributed by atoms with E-state index in [9.17, 15) is 9.59 Å². The lowest BCUT2D eigenvalue weighted by Gasteiger charge is -2.40. The van der Waals surface area contributed by atoms with Crippen molar-refractivity contribution >= 4 is 23.7 Å². The van der Waals surface area contributed by atoms with Crippen molar-refractivity contribution in [3.63, 3.8) is 0 Å². The van der Waals surface area contributed by atoms with E-state index in [0.29, 0.717) is 39.0 Å². The summed E-state index contributed by atoms with van der Waals surface area (Å²) in [5.41, 5.74) is -1.16. The van der Waals surface area contributed by atoms with Crippen LogP contribution < -0.4 is 0 Å². The average Bonchev–Trinajstić information content (AvgIpc) is 2.44. The molecule has 0 unspecified atom stereocenters. The van der Waals surface area contributed by atoms with Gasteiger partial charge in [0, 0.05) is 26.8 Å². The number of rotatable bonds is 5. The molecule has 0 saturated carbocycles. The van der Waals surface area contributed by atoms with Crippen molar-refractivity contribution in [1.29, 1.82) is 0 Å². The lowest BCUT2D eigenvalue weighted by molar-refractivity contribution is -0.158. The van der Waals surface area contributed by atoms with Crippen molar-refractivity contribution in [3.05, 3.63) is 0 Å². The molecule has 0 aromatic rings. The third-order valence-electron chi connectivity index (χ3n) is 3.78. The first-order valence-corrected chi connectivity index (χ1v) is 7.97. The van der Waals surface area contributed by atoms with Crippen LogP contribution in [0, 0.1) is 5.41 Å². The van der Waals surface area contributed by atoms with Crippen molar-refractivity contribution in [1.82, 2.24) is 4.90 Å². The van der Waals surface area contributed by atoms with Crippen molar-refractivity contribution in [2.45, 2.75) is 45.6 Å². The van der Waals surface area contributed by atoms with Crippen LogP contribution in [0.2, 0.25) is 0 Å². The molecule has 0 aromatic heterocycles. The zero-order chi connectivity index (χ0) is 16.8. The molecule has 6 nitrogen and oxygen atoms in total. The summed E-state index contributed by atoms with van der Waals surface area (Å²) in [6, 6.07) is -0.163. The van der Waals surface area contributed by atoms with Gasteiger partial charge in [-0.1, -0.05) is 11.6 Å². The maximum Gasteiger partial charge on any atom is 0.410 e. The van der Waals surface area contributed by atoms with E-state index >= 15 is 0 Å². The number of carbonyl (C=O) groups excluding carboxylic acids is 2. The maximum atomic E-state index is 12.2. The predicted molar refractivity (Wildman–Crippen MR) is 82.8 cm³/mol. The minimum Gasteiger partial charge on any atom is -0.449 e. The molecule has 7 heteroatoms. The average molecular weight is 336 g/mol. The molecule has 1 aliphatic rings. The first-order chi connectivity index (χ1) is 10.2. The van der Waals surface area contributed by atoms with E-state index in [1.165, 1.54) is 0 Å². The van der Waals surface area contributed by atoms with Crippen LogP contribution in [0.25, 0.3) is 0 Å². The summed E-state index contributed by atoms with van der Waals surface area (Å²) < 4.78 is 15.4. The van der Waals surface area contributed by atoms with Crippen molar-refractivity contribution < 1.29 is 23.8 Å². The molecule has 128 valence electrons. The largest absolute Gasteiger partial charge is 0.449 e. The highest BCUT2D eigenvalue weighted by atomic mass is 35.5. The number of hydrogen-bond donors (Lipinski definition) is 0. The smallest absolute Gasteiger partial charge is 0.410 e. The van der Waals surface area contributed by atoms with Gasteiger partial charge in [-0.15, -0.1) is 0 Å². The molecule has 22 heavy (non-hydrogen) atoms. The number of carbonyl (C=O) groups is 2. The number of amides is 1. The second-order valence-electron chi connectivity index (χ2n) is 6.53. The van der Waals surface area contributed by atoms with Gasteiger partial charge in [-0.2, -0.15) is 0 Å². The fourth-order valence-electron chi connectivity index (χ4n) is 2.50. The van der Waals surface area contributed by atoms with E-state index < -0.39 is 11.0 Å². The van der Waals surface area contributed by atoms with Crippen LogP contribution in [-0.2, 0) is 19.0 Å². The first-order valence-electron chi connectivity index (χ1n) is 7.44. The Morgan fingerprint density at radius 1 is 1.23 bits per heavy atom. The van der Waals surface area contributed by atoms with Gasteiger partial charge in [0.05, 0.1) is 5.41 Å². The molecule has 1 amide bonds. The van der Waals surface area contributed by atoms with E-state index in [4.69, 9.17) is 25.8 Å². The third kappa shape index (κ3) is 5.32. The number of ether oxygens (including phenoxy) is 3. The molecule has 0 N–H and O–H groups in total. The monoisotopic (exact) mass is 335 g/mol. The number of esters is 1. The standard InChI is InChI=1S/C15H26ClNO5/c1-14(2,3)22-13(19)17-8-5-15(6-9-17,7-10-20-4)12(18)21-11-16/h5-11H2,1-4H3. The van der Waals surface area contributed by atoms with Gasteiger partial charge in [-0.3, -0.25) is 4.79 Å². The van der Waals surface area contributed by atoms with Crippen LogP contribution in [0.3, 0.4) is 0 Å². The van der Waals surface area contributed by atoms with Gasteiger partial charge in [0.25, 0.3) is 0 Å². The number of piperidine rings is 1. The van der Waals surface area contributed by atoms with Gasteiger partial charge in [-0.05, 0) is 40.0 Å². The van der Waals surface area contributed by atoms with E-state index in [1.807, 2.05) is 20.8 Å². The number of likely N-dealkylation sites (tertiary alicyclic amines) is 1. The highest BCUT2D eigenvalue weighted by Crippen LogP contribution is 2.37. The number of halogens is 1. The molecule has 1 fully saturated rings. The van der Waals surface area contributed by atoms with Gasteiger partial charge < -0.3 is 19.1 Å². The summed E-state index contributed by atoms with van der Waals surface area (Å²) in [5.74, 6) is -0.316. The SMILES string of the molecule is COCCC1(C(=O)OCCl)CCN(C(=O)OC(C)(C)C)CC1. The summed E-state index contributed by atoms with van der Waals surface area (Å²) in [4.78, 5) is 25.9. The molecule has 0 bridgehead atoms. The summed E-state index contributed by atoms with van der Waals surface area (Å²) in [5, 5.41) is 0. The number of methoxy groups -OCH3 is 1. The number of hydrogen-bond acceptors (Lipinski definition) is 5. The van der Waals surface area contributed by atoms with Crippen LogP contribution in [0.1, 0.15) is 40.0 Å². The topological polar surface area (TPSA) is 65.1 Å². The molecule has 1 heterocycles. The Kier molecular flexibility index (Phi) is 6.94. The van der Waals surface area contributed by atoms with E-state index in [1.54, 1.807) is 12.0 Å². The fourth-order valence-corrected chi connectivity index (χ4v) is 2.60. The maximum absolute atomic E-state index is 12.2. The summed E-state index contributed by atoms with van der Waals surface area (Å²) in [6.45, 7) is 6.86. The van der Waals surface area contributed by atoms with Crippen LogP contribution in [0.5, 0.6) is 0 Å². The molecule has 0 radical (unpaired) electrons. The quantitative estimate of drug-likeness (QED) is 0.571.